The molecule has 0 aliphatic heterocycles. The van der Waals surface area contributed by atoms with E-state index in [1.807, 2.05) is 24.3 Å². The molecular weight excluding hydrogens is 398 g/mol. The number of nitrogens with one attached hydrogen (secondary N) is 1. The molecular formula is C25H24F2N2O2. The van der Waals surface area contributed by atoms with Gasteiger partial charge in [0.1, 0.15) is 11.4 Å². The molecule has 4 nitrogen and oxygen atoms in total. The van der Waals surface area contributed by atoms with Gasteiger partial charge >= 0.3 is 0 Å². The highest BCUT2D eigenvalue weighted by Gasteiger charge is 2.11. The largest absolute Gasteiger partial charge is 0.455 e. The van der Waals surface area contributed by atoms with Gasteiger partial charge in [0.05, 0.1) is 6.42 Å². The lowest BCUT2D eigenvalue weighted by molar-refractivity contribution is -0.115. The second kappa shape index (κ2) is 9.98. The average Bonchev–Trinajstić information content (AvgIpc) is 2.73. The van der Waals surface area contributed by atoms with Gasteiger partial charge in [-0.15, -0.1) is 0 Å². The number of hydrogen-bond donors (Lipinski definition) is 1. The minimum Gasteiger partial charge on any atom is -0.455 e. The Morgan fingerprint density at radius 2 is 1.77 bits per heavy atom. The number of benzene rings is 3. The number of aliphatic imine (C=N–C) groups is 1. The van der Waals surface area contributed by atoms with Gasteiger partial charge in [-0.1, -0.05) is 38.1 Å². The van der Waals surface area contributed by atoms with Crippen LogP contribution in [0.1, 0.15) is 37.8 Å². The van der Waals surface area contributed by atoms with Gasteiger partial charge in [0.25, 0.3) is 0 Å². The van der Waals surface area contributed by atoms with Gasteiger partial charge in [-0.05, 0) is 48.2 Å². The van der Waals surface area contributed by atoms with Crippen LogP contribution in [0.2, 0.25) is 0 Å². The Kier molecular flexibility index (Phi) is 7.13. The lowest BCUT2D eigenvalue weighted by Gasteiger charge is -2.12. The topological polar surface area (TPSA) is 50.7 Å². The van der Waals surface area contributed by atoms with Crippen LogP contribution >= 0.6 is 0 Å². The summed E-state index contributed by atoms with van der Waals surface area (Å²) in [4.78, 5) is 16.7. The van der Waals surface area contributed by atoms with Crippen LogP contribution in [0.4, 0.5) is 20.2 Å². The maximum absolute atomic E-state index is 13.5. The summed E-state index contributed by atoms with van der Waals surface area (Å²) in [7, 11) is 0. The highest BCUT2D eigenvalue weighted by molar-refractivity contribution is 5.92. The molecule has 1 amide bonds. The van der Waals surface area contributed by atoms with Gasteiger partial charge in [0, 0.05) is 24.0 Å². The Labute approximate surface area is 180 Å². The number of halogens is 2. The fourth-order valence-corrected chi connectivity index (χ4v) is 3.00. The van der Waals surface area contributed by atoms with Crippen molar-refractivity contribution in [2.45, 2.75) is 33.1 Å². The van der Waals surface area contributed by atoms with Crippen LogP contribution < -0.4 is 10.1 Å². The molecule has 0 fully saturated rings. The van der Waals surface area contributed by atoms with Crippen molar-refractivity contribution >= 4 is 23.5 Å². The van der Waals surface area contributed by atoms with E-state index in [-0.39, 0.29) is 18.1 Å². The lowest BCUT2D eigenvalue weighted by Crippen LogP contribution is -2.14. The summed E-state index contributed by atoms with van der Waals surface area (Å²) in [5.74, 6) is -1.28. The molecule has 0 atom stereocenters. The van der Waals surface area contributed by atoms with Crippen molar-refractivity contribution in [1.82, 2.24) is 0 Å². The van der Waals surface area contributed by atoms with Crippen LogP contribution in [0.25, 0.3) is 0 Å². The molecule has 0 unspecified atom stereocenters. The molecule has 0 saturated heterocycles. The summed E-state index contributed by atoms with van der Waals surface area (Å²) in [6.45, 7) is 5.99. The predicted molar refractivity (Wildman–Crippen MR) is 120 cm³/mol. The minimum atomic E-state index is -1.01. The van der Waals surface area contributed by atoms with Crippen LogP contribution in [-0.2, 0) is 11.2 Å². The molecule has 0 aliphatic carbocycles. The Morgan fingerprint density at radius 3 is 2.42 bits per heavy atom. The van der Waals surface area contributed by atoms with Gasteiger partial charge in [-0.3, -0.25) is 9.79 Å². The van der Waals surface area contributed by atoms with E-state index in [2.05, 4.69) is 24.2 Å². The molecule has 0 spiro atoms. The summed E-state index contributed by atoms with van der Waals surface area (Å²) in [5.41, 5.74) is 3.13. The van der Waals surface area contributed by atoms with E-state index >= 15 is 0 Å². The van der Waals surface area contributed by atoms with E-state index in [0.29, 0.717) is 23.0 Å². The van der Waals surface area contributed by atoms with E-state index in [1.165, 1.54) is 11.6 Å². The number of hydrogen-bond acceptors (Lipinski definition) is 3. The standard InChI is InChI=1S/C25H24F2N2O2/c1-4-28-23-12-9-19(14-24(23)31-20-10-11-21(26)22(27)15-20)29-25(30)13-17-5-7-18(8-6-17)16(2)3/h4-12,14-16H,13H2,1-3H3,(H,29,30). The third kappa shape index (κ3) is 5.98. The van der Waals surface area contributed by atoms with E-state index in [4.69, 9.17) is 4.74 Å². The van der Waals surface area contributed by atoms with Crippen LogP contribution in [0.3, 0.4) is 0 Å². The molecule has 0 heterocycles. The fourth-order valence-electron chi connectivity index (χ4n) is 3.00. The third-order valence-electron chi connectivity index (χ3n) is 4.64. The molecule has 0 bridgehead atoms. The normalized spacial score (nSPS) is 11.2. The zero-order valence-corrected chi connectivity index (χ0v) is 17.7. The van der Waals surface area contributed by atoms with Gasteiger partial charge in [-0.2, -0.15) is 0 Å². The van der Waals surface area contributed by atoms with Gasteiger partial charge in [-0.25, -0.2) is 8.78 Å². The molecule has 3 aromatic rings. The van der Waals surface area contributed by atoms with Gasteiger partial charge in [0.15, 0.2) is 17.4 Å². The second-order valence-corrected chi connectivity index (χ2v) is 7.37. The van der Waals surface area contributed by atoms with Crippen molar-refractivity contribution in [1.29, 1.82) is 0 Å². The van der Waals surface area contributed by atoms with E-state index in [1.54, 1.807) is 31.3 Å². The predicted octanol–water partition coefficient (Wildman–Crippen LogP) is 6.78. The van der Waals surface area contributed by atoms with Crippen molar-refractivity contribution in [2.75, 3.05) is 5.32 Å². The zero-order valence-electron chi connectivity index (χ0n) is 17.7. The quantitative estimate of drug-likeness (QED) is 0.427. The SMILES string of the molecule is CC=Nc1ccc(NC(=O)Cc2ccc(C(C)C)cc2)cc1Oc1ccc(F)c(F)c1. The van der Waals surface area contributed by atoms with Crippen molar-refractivity contribution in [3.63, 3.8) is 0 Å². The molecule has 0 aromatic heterocycles. The first kappa shape index (κ1) is 22.2. The maximum Gasteiger partial charge on any atom is 0.228 e. The third-order valence-corrected chi connectivity index (χ3v) is 4.64. The summed E-state index contributed by atoms with van der Waals surface area (Å²) in [5, 5.41) is 2.84. The molecule has 3 rings (SSSR count). The van der Waals surface area contributed by atoms with Crippen molar-refractivity contribution < 1.29 is 18.3 Å². The van der Waals surface area contributed by atoms with Crippen LogP contribution in [0, 0.1) is 11.6 Å². The first-order valence-corrected chi connectivity index (χ1v) is 10.00. The van der Waals surface area contributed by atoms with Gasteiger partial charge < -0.3 is 10.1 Å². The molecule has 1 N–H and O–H groups in total. The second-order valence-electron chi connectivity index (χ2n) is 7.37. The molecule has 31 heavy (non-hydrogen) atoms. The molecule has 3 aromatic carbocycles. The van der Waals surface area contributed by atoms with Crippen LogP contribution in [0.5, 0.6) is 11.5 Å². The highest BCUT2D eigenvalue weighted by Crippen LogP contribution is 2.34. The fraction of sp³-hybridized carbons (Fsp3) is 0.200. The van der Waals surface area contributed by atoms with Crippen molar-refractivity contribution in [3.8, 4) is 11.5 Å². The van der Waals surface area contributed by atoms with Gasteiger partial charge in [0.2, 0.25) is 5.91 Å². The molecule has 160 valence electrons. The first-order valence-electron chi connectivity index (χ1n) is 10.00. The Bertz CT molecular complexity index is 1090. The maximum atomic E-state index is 13.5. The molecule has 6 heteroatoms. The zero-order chi connectivity index (χ0) is 22.4. The van der Waals surface area contributed by atoms with Crippen LogP contribution in [0.15, 0.2) is 65.7 Å². The van der Waals surface area contributed by atoms with E-state index in [9.17, 15) is 13.6 Å². The number of amides is 1. The number of anilines is 1. The smallest absolute Gasteiger partial charge is 0.228 e. The van der Waals surface area contributed by atoms with E-state index < -0.39 is 11.6 Å². The average molecular weight is 422 g/mol. The lowest BCUT2D eigenvalue weighted by atomic mass is 10.0. The number of rotatable bonds is 7. The summed E-state index contributed by atoms with van der Waals surface area (Å²) < 4.78 is 32.4. The number of nitrogens with zero attached hydrogens (tertiary/aromatic N) is 1. The number of carbonyl (C=O) groups is 1. The molecule has 0 saturated carbocycles. The minimum absolute atomic E-state index is 0.125. The highest BCUT2D eigenvalue weighted by atomic mass is 19.2. The Hall–Kier alpha value is -3.54. The summed E-state index contributed by atoms with van der Waals surface area (Å²) in [6.07, 6.45) is 1.82. The van der Waals surface area contributed by atoms with Crippen molar-refractivity contribution in [2.24, 2.45) is 4.99 Å². The molecule has 0 aliphatic rings. The number of carbonyl (C=O) groups excluding carboxylic acids is 1. The van der Waals surface area contributed by atoms with Crippen molar-refractivity contribution in [3.05, 3.63) is 83.4 Å². The summed E-state index contributed by atoms with van der Waals surface area (Å²) in [6, 6.07) is 16.2. The number of ether oxygens (including phenoxy) is 1. The van der Waals surface area contributed by atoms with E-state index in [0.717, 1.165) is 17.7 Å². The monoisotopic (exact) mass is 422 g/mol. The Morgan fingerprint density at radius 1 is 1.03 bits per heavy atom. The first-order chi connectivity index (χ1) is 14.9. The Balaban J connectivity index is 1.75. The van der Waals surface area contributed by atoms with Crippen LogP contribution in [-0.4, -0.2) is 12.1 Å². The molecule has 0 radical (unpaired) electrons. The summed E-state index contributed by atoms with van der Waals surface area (Å²) >= 11 is 0.